The van der Waals surface area contributed by atoms with E-state index >= 15 is 0 Å². The third-order valence-electron chi connectivity index (χ3n) is 4.52. The number of hydrogen-bond donors (Lipinski definition) is 1. The lowest BCUT2D eigenvalue weighted by Crippen LogP contribution is -2.36. The van der Waals surface area contributed by atoms with Crippen LogP contribution in [0.5, 0.6) is 5.75 Å². The zero-order chi connectivity index (χ0) is 17.8. The molecule has 0 saturated carbocycles. The van der Waals surface area contributed by atoms with E-state index in [1.54, 1.807) is 0 Å². The molecule has 1 saturated heterocycles. The third kappa shape index (κ3) is 3.70. The van der Waals surface area contributed by atoms with Crippen LogP contribution in [0.2, 0.25) is 0 Å². The standard InChI is InChI=1S/C20H22N4O2/c1-15-19(13-22-23-15)17-3-2-4-18(11-17)26-14-16-5-6-20(21-12-16)24-7-9-25-10-8-24/h2-6,11-13H,7-10,14H2,1H3,(H,22,23). The summed E-state index contributed by atoms with van der Waals surface area (Å²) in [5.41, 5.74) is 4.28. The Balaban J connectivity index is 1.40. The molecule has 1 N–H and O–H groups in total. The van der Waals surface area contributed by atoms with Crippen molar-refractivity contribution >= 4 is 5.82 Å². The maximum Gasteiger partial charge on any atom is 0.128 e. The molecule has 0 amide bonds. The Morgan fingerprint density at radius 2 is 2.04 bits per heavy atom. The second-order valence-electron chi connectivity index (χ2n) is 6.35. The van der Waals surface area contributed by atoms with Gasteiger partial charge in [0.2, 0.25) is 0 Å². The minimum Gasteiger partial charge on any atom is -0.489 e. The molecule has 0 spiro atoms. The van der Waals surface area contributed by atoms with Crippen molar-refractivity contribution in [2.45, 2.75) is 13.5 Å². The van der Waals surface area contributed by atoms with Gasteiger partial charge in [-0.1, -0.05) is 18.2 Å². The SMILES string of the molecule is Cc1[nH]ncc1-c1cccc(OCc2ccc(N3CCOCC3)nc2)c1. The Hall–Kier alpha value is -2.86. The summed E-state index contributed by atoms with van der Waals surface area (Å²) in [6.45, 7) is 5.81. The quantitative estimate of drug-likeness (QED) is 0.766. The zero-order valence-corrected chi connectivity index (χ0v) is 14.8. The third-order valence-corrected chi connectivity index (χ3v) is 4.52. The molecule has 4 rings (SSSR count). The normalized spacial score (nSPS) is 14.4. The van der Waals surface area contributed by atoms with E-state index in [2.05, 4.69) is 38.3 Å². The first-order chi connectivity index (χ1) is 12.8. The van der Waals surface area contributed by atoms with Crippen molar-refractivity contribution in [1.29, 1.82) is 0 Å². The summed E-state index contributed by atoms with van der Waals surface area (Å²) in [6, 6.07) is 12.2. The van der Waals surface area contributed by atoms with Crippen molar-refractivity contribution in [3.8, 4) is 16.9 Å². The van der Waals surface area contributed by atoms with Gasteiger partial charge < -0.3 is 14.4 Å². The minimum atomic E-state index is 0.490. The number of nitrogens with one attached hydrogen (secondary N) is 1. The molecule has 1 fully saturated rings. The summed E-state index contributed by atoms with van der Waals surface area (Å²) in [5, 5.41) is 7.05. The van der Waals surface area contributed by atoms with Gasteiger partial charge in [0.05, 0.1) is 19.4 Å². The van der Waals surface area contributed by atoms with Crippen molar-refractivity contribution in [3.63, 3.8) is 0 Å². The lowest BCUT2D eigenvalue weighted by molar-refractivity contribution is 0.122. The van der Waals surface area contributed by atoms with Crippen molar-refractivity contribution in [2.75, 3.05) is 31.2 Å². The summed E-state index contributed by atoms with van der Waals surface area (Å²) in [5.74, 6) is 1.83. The molecular weight excluding hydrogens is 328 g/mol. The highest BCUT2D eigenvalue weighted by molar-refractivity contribution is 5.66. The zero-order valence-electron chi connectivity index (χ0n) is 14.8. The van der Waals surface area contributed by atoms with Gasteiger partial charge in [-0.3, -0.25) is 5.10 Å². The van der Waals surface area contributed by atoms with E-state index in [4.69, 9.17) is 9.47 Å². The number of ether oxygens (including phenoxy) is 2. The monoisotopic (exact) mass is 350 g/mol. The predicted molar refractivity (Wildman–Crippen MR) is 100 cm³/mol. The highest BCUT2D eigenvalue weighted by Crippen LogP contribution is 2.26. The molecule has 1 aliphatic rings. The van der Waals surface area contributed by atoms with Crippen LogP contribution in [0.1, 0.15) is 11.3 Å². The molecule has 0 aliphatic carbocycles. The van der Waals surface area contributed by atoms with Crippen LogP contribution in [-0.2, 0) is 11.3 Å². The number of hydrogen-bond acceptors (Lipinski definition) is 5. The Morgan fingerprint density at radius 1 is 1.15 bits per heavy atom. The van der Waals surface area contributed by atoms with Gasteiger partial charge in [0.25, 0.3) is 0 Å². The lowest BCUT2D eigenvalue weighted by atomic mass is 10.1. The van der Waals surface area contributed by atoms with Gasteiger partial charge in [-0.2, -0.15) is 5.10 Å². The molecule has 1 aliphatic heterocycles. The van der Waals surface area contributed by atoms with Gasteiger partial charge in [-0.05, 0) is 30.7 Å². The van der Waals surface area contributed by atoms with E-state index in [1.807, 2.05) is 37.5 Å². The Labute approximate surface area is 152 Å². The molecule has 6 heteroatoms. The van der Waals surface area contributed by atoms with E-state index < -0.39 is 0 Å². The number of aryl methyl sites for hydroxylation is 1. The van der Waals surface area contributed by atoms with Crippen molar-refractivity contribution < 1.29 is 9.47 Å². The van der Waals surface area contributed by atoms with Crippen LogP contribution in [-0.4, -0.2) is 41.5 Å². The van der Waals surface area contributed by atoms with Crippen molar-refractivity contribution in [2.24, 2.45) is 0 Å². The van der Waals surface area contributed by atoms with Gasteiger partial charge >= 0.3 is 0 Å². The number of H-pyrrole nitrogens is 1. The van der Waals surface area contributed by atoms with Gasteiger partial charge in [-0.25, -0.2) is 4.98 Å². The average molecular weight is 350 g/mol. The van der Waals surface area contributed by atoms with E-state index in [9.17, 15) is 0 Å². The first-order valence-corrected chi connectivity index (χ1v) is 8.80. The van der Waals surface area contributed by atoms with Gasteiger partial charge in [0, 0.05) is 36.1 Å². The van der Waals surface area contributed by atoms with Crippen LogP contribution in [0.15, 0.2) is 48.8 Å². The molecule has 2 aromatic heterocycles. The van der Waals surface area contributed by atoms with Gasteiger partial charge in [0.15, 0.2) is 0 Å². The van der Waals surface area contributed by atoms with Crippen LogP contribution in [0, 0.1) is 6.92 Å². The number of morpholine rings is 1. The fourth-order valence-corrected chi connectivity index (χ4v) is 3.04. The average Bonchev–Trinajstić information content (AvgIpc) is 3.14. The Morgan fingerprint density at radius 3 is 2.77 bits per heavy atom. The molecule has 3 heterocycles. The van der Waals surface area contributed by atoms with E-state index in [-0.39, 0.29) is 0 Å². The topological polar surface area (TPSA) is 63.3 Å². The molecule has 26 heavy (non-hydrogen) atoms. The number of anilines is 1. The van der Waals surface area contributed by atoms with E-state index in [0.29, 0.717) is 6.61 Å². The second-order valence-corrected chi connectivity index (χ2v) is 6.35. The lowest BCUT2D eigenvalue weighted by Gasteiger charge is -2.27. The number of nitrogens with zero attached hydrogens (tertiary/aromatic N) is 3. The van der Waals surface area contributed by atoms with Crippen LogP contribution in [0.3, 0.4) is 0 Å². The molecule has 0 unspecified atom stereocenters. The first kappa shape index (κ1) is 16.6. The molecule has 6 nitrogen and oxygen atoms in total. The number of rotatable bonds is 5. The van der Waals surface area contributed by atoms with E-state index in [1.165, 1.54) is 0 Å². The summed E-state index contributed by atoms with van der Waals surface area (Å²) in [6.07, 6.45) is 3.72. The highest BCUT2D eigenvalue weighted by atomic mass is 16.5. The molecular formula is C20H22N4O2. The fourth-order valence-electron chi connectivity index (χ4n) is 3.04. The smallest absolute Gasteiger partial charge is 0.128 e. The predicted octanol–water partition coefficient (Wildman–Crippen LogP) is 3.20. The van der Waals surface area contributed by atoms with Crippen molar-refractivity contribution in [1.82, 2.24) is 15.2 Å². The van der Waals surface area contributed by atoms with Crippen LogP contribution >= 0.6 is 0 Å². The fraction of sp³-hybridized carbons (Fsp3) is 0.300. The maximum absolute atomic E-state index is 5.95. The van der Waals surface area contributed by atoms with Gasteiger partial charge in [-0.15, -0.1) is 0 Å². The number of aromatic amines is 1. The van der Waals surface area contributed by atoms with Crippen molar-refractivity contribution in [3.05, 3.63) is 60.0 Å². The molecule has 134 valence electrons. The number of benzene rings is 1. The Bertz CT molecular complexity index is 854. The number of aromatic nitrogens is 3. The summed E-state index contributed by atoms with van der Waals surface area (Å²) in [4.78, 5) is 6.80. The second kappa shape index (κ2) is 7.58. The maximum atomic E-state index is 5.95. The number of pyridine rings is 1. The molecule has 3 aromatic rings. The van der Waals surface area contributed by atoms with Crippen LogP contribution in [0.4, 0.5) is 5.82 Å². The minimum absolute atomic E-state index is 0.490. The molecule has 0 bridgehead atoms. The summed E-state index contributed by atoms with van der Waals surface area (Å²) < 4.78 is 11.3. The van der Waals surface area contributed by atoms with Gasteiger partial charge in [0.1, 0.15) is 18.2 Å². The highest BCUT2D eigenvalue weighted by Gasteiger charge is 2.12. The summed E-state index contributed by atoms with van der Waals surface area (Å²) >= 11 is 0. The molecule has 0 radical (unpaired) electrons. The molecule has 0 atom stereocenters. The summed E-state index contributed by atoms with van der Waals surface area (Å²) in [7, 11) is 0. The Kier molecular flexibility index (Phi) is 4.84. The molecule has 1 aromatic carbocycles. The van der Waals surface area contributed by atoms with Crippen LogP contribution in [0.25, 0.3) is 11.1 Å². The first-order valence-electron chi connectivity index (χ1n) is 8.80. The van der Waals surface area contributed by atoms with Crippen LogP contribution < -0.4 is 9.64 Å². The van der Waals surface area contributed by atoms with E-state index in [0.717, 1.165) is 60.3 Å². The largest absolute Gasteiger partial charge is 0.489 e.